The Morgan fingerprint density at radius 3 is 2.73 bits per heavy atom. The van der Waals surface area contributed by atoms with Crippen molar-refractivity contribution in [2.45, 2.75) is 32.2 Å². The molecule has 1 saturated carbocycles. The number of halogens is 2. The van der Waals surface area contributed by atoms with Gasteiger partial charge in [0.25, 0.3) is 0 Å². The van der Waals surface area contributed by atoms with E-state index in [9.17, 15) is 0 Å². The molecular weight excluding hydrogens is 275 g/mol. The number of nitrogens with zero attached hydrogens (tertiary/aromatic N) is 1. The molecule has 15 heavy (non-hydrogen) atoms. The Hall–Kier alpha value is -0.280. The molecule has 1 aliphatic carbocycles. The van der Waals surface area contributed by atoms with E-state index in [4.69, 9.17) is 11.6 Å². The summed E-state index contributed by atoms with van der Waals surface area (Å²) >= 11 is 9.30. The minimum Gasteiger partial charge on any atom is -0.364 e. The first-order chi connectivity index (χ1) is 6.99. The molecule has 0 aliphatic heterocycles. The van der Waals surface area contributed by atoms with Gasteiger partial charge in [0.15, 0.2) is 0 Å². The van der Waals surface area contributed by atoms with E-state index in [1.54, 1.807) is 6.20 Å². The van der Waals surface area contributed by atoms with Crippen LogP contribution in [-0.4, -0.2) is 10.5 Å². The standard InChI is InChI=1S/C11H14BrClN2/c1-11(2,7-3-4-7)15-10-9(12)5-8(13)6-14-10/h5-7H,3-4H2,1-2H3,(H,14,15). The van der Waals surface area contributed by atoms with Crippen molar-refractivity contribution in [2.24, 2.45) is 5.92 Å². The minimum atomic E-state index is 0.114. The van der Waals surface area contributed by atoms with Gasteiger partial charge in [0, 0.05) is 11.7 Å². The monoisotopic (exact) mass is 288 g/mol. The van der Waals surface area contributed by atoms with Gasteiger partial charge in [0.2, 0.25) is 0 Å². The lowest BCUT2D eigenvalue weighted by Gasteiger charge is -2.27. The quantitative estimate of drug-likeness (QED) is 0.906. The zero-order valence-corrected chi connectivity index (χ0v) is 11.2. The molecule has 2 rings (SSSR count). The van der Waals surface area contributed by atoms with E-state index >= 15 is 0 Å². The molecule has 1 aromatic rings. The maximum atomic E-state index is 5.84. The molecule has 0 saturated heterocycles. The number of nitrogens with one attached hydrogen (secondary N) is 1. The molecule has 1 aromatic heterocycles. The van der Waals surface area contributed by atoms with E-state index in [1.807, 2.05) is 6.07 Å². The average Bonchev–Trinajstić information content (AvgIpc) is 2.92. The zero-order valence-electron chi connectivity index (χ0n) is 8.85. The maximum Gasteiger partial charge on any atom is 0.140 e. The van der Waals surface area contributed by atoms with Gasteiger partial charge in [0.05, 0.1) is 9.50 Å². The molecule has 0 spiro atoms. The maximum absolute atomic E-state index is 5.84. The first-order valence-electron chi connectivity index (χ1n) is 5.08. The molecule has 1 heterocycles. The van der Waals surface area contributed by atoms with E-state index in [0.717, 1.165) is 16.2 Å². The lowest BCUT2D eigenvalue weighted by Crippen LogP contribution is -2.33. The fourth-order valence-corrected chi connectivity index (χ4v) is 2.46. The highest BCUT2D eigenvalue weighted by Crippen LogP contribution is 2.41. The smallest absolute Gasteiger partial charge is 0.140 e. The lowest BCUT2D eigenvalue weighted by molar-refractivity contribution is 0.492. The summed E-state index contributed by atoms with van der Waals surface area (Å²) in [5.74, 6) is 1.64. The second kappa shape index (κ2) is 3.95. The lowest BCUT2D eigenvalue weighted by atomic mass is 9.99. The van der Waals surface area contributed by atoms with Crippen molar-refractivity contribution in [1.82, 2.24) is 4.98 Å². The van der Waals surface area contributed by atoms with Crippen LogP contribution >= 0.6 is 27.5 Å². The summed E-state index contributed by atoms with van der Waals surface area (Å²) < 4.78 is 0.920. The van der Waals surface area contributed by atoms with Gasteiger partial charge in [-0.3, -0.25) is 0 Å². The Kier molecular flexibility index (Phi) is 2.95. The van der Waals surface area contributed by atoms with Crippen LogP contribution in [0, 0.1) is 5.92 Å². The van der Waals surface area contributed by atoms with Crippen LogP contribution in [0.4, 0.5) is 5.82 Å². The van der Waals surface area contributed by atoms with E-state index < -0.39 is 0 Å². The number of anilines is 1. The van der Waals surface area contributed by atoms with Crippen molar-refractivity contribution in [1.29, 1.82) is 0 Å². The van der Waals surface area contributed by atoms with Gasteiger partial charge in [0.1, 0.15) is 5.82 Å². The van der Waals surface area contributed by atoms with Crippen LogP contribution in [-0.2, 0) is 0 Å². The third kappa shape index (κ3) is 2.64. The van der Waals surface area contributed by atoms with Crippen LogP contribution in [0.1, 0.15) is 26.7 Å². The second-order valence-corrected chi connectivity index (χ2v) is 5.90. The first kappa shape index (κ1) is 11.2. The molecule has 4 heteroatoms. The molecule has 0 amide bonds. The molecule has 0 unspecified atom stereocenters. The Morgan fingerprint density at radius 1 is 1.53 bits per heavy atom. The number of rotatable bonds is 3. The molecular formula is C11H14BrClN2. The summed E-state index contributed by atoms with van der Waals surface area (Å²) in [4.78, 5) is 4.28. The van der Waals surface area contributed by atoms with E-state index in [2.05, 4.69) is 40.1 Å². The third-order valence-electron chi connectivity index (χ3n) is 2.85. The van der Waals surface area contributed by atoms with Crippen molar-refractivity contribution in [3.63, 3.8) is 0 Å². The molecule has 0 aromatic carbocycles. The van der Waals surface area contributed by atoms with Crippen LogP contribution in [0.5, 0.6) is 0 Å². The van der Waals surface area contributed by atoms with Crippen LogP contribution in [0.15, 0.2) is 16.7 Å². The summed E-state index contributed by atoms with van der Waals surface area (Å²) in [5, 5.41) is 4.11. The summed E-state index contributed by atoms with van der Waals surface area (Å²) in [6.07, 6.45) is 4.29. The number of pyridine rings is 1. The SMILES string of the molecule is CC(C)(Nc1ncc(Cl)cc1Br)C1CC1. The minimum absolute atomic E-state index is 0.114. The zero-order chi connectivity index (χ0) is 11.1. The Labute approximate surface area is 104 Å². The summed E-state index contributed by atoms with van der Waals surface area (Å²) in [6.45, 7) is 4.43. The van der Waals surface area contributed by atoms with Gasteiger partial charge in [-0.1, -0.05) is 11.6 Å². The molecule has 0 atom stereocenters. The van der Waals surface area contributed by atoms with E-state index in [-0.39, 0.29) is 5.54 Å². The summed E-state index contributed by atoms with van der Waals surface area (Å²) in [5.41, 5.74) is 0.114. The fraction of sp³-hybridized carbons (Fsp3) is 0.545. The molecule has 0 radical (unpaired) electrons. The highest BCUT2D eigenvalue weighted by atomic mass is 79.9. The number of hydrogen-bond donors (Lipinski definition) is 1. The number of aromatic nitrogens is 1. The van der Waals surface area contributed by atoms with Gasteiger partial charge < -0.3 is 5.32 Å². The predicted molar refractivity (Wildman–Crippen MR) is 67.4 cm³/mol. The Balaban J connectivity index is 2.16. The Morgan fingerprint density at radius 2 is 2.20 bits per heavy atom. The van der Waals surface area contributed by atoms with Gasteiger partial charge >= 0.3 is 0 Å². The molecule has 1 aliphatic rings. The first-order valence-corrected chi connectivity index (χ1v) is 6.25. The van der Waals surface area contributed by atoms with Crippen molar-refractivity contribution in [3.05, 3.63) is 21.8 Å². The topological polar surface area (TPSA) is 24.9 Å². The van der Waals surface area contributed by atoms with Gasteiger partial charge in [-0.15, -0.1) is 0 Å². The summed E-state index contributed by atoms with van der Waals surface area (Å²) in [6, 6.07) is 1.86. The van der Waals surface area contributed by atoms with E-state index in [0.29, 0.717) is 5.02 Å². The van der Waals surface area contributed by atoms with Gasteiger partial charge in [-0.05, 0) is 54.6 Å². The summed E-state index contributed by atoms with van der Waals surface area (Å²) in [7, 11) is 0. The van der Waals surface area contributed by atoms with Crippen molar-refractivity contribution in [2.75, 3.05) is 5.32 Å². The Bertz CT molecular complexity index is 375. The second-order valence-electron chi connectivity index (χ2n) is 4.60. The number of hydrogen-bond acceptors (Lipinski definition) is 2. The third-order valence-corrected chi connectivity index (χ3v) is 3.66. The average molecular weight is 290 g/mol. The van der Waals surface area contributed by atoms with Crippen molar-refractivity contribution < 1.29 is 0 Å². The largest absolute Gasteiger partial charge is 0.364 e. The van der Waals surface area contributed by atoms with Crippen LogP contribution in [0.3, 0.4) is 0 Å². The molecule has 0 bridgehead atoms. The van der Waals surface area contributed by atoms with Gasteiger partial charge in [-0.25, -0.2) is 4.98 Å². The van der Waals surface area contributed by atoms with Crippen LogP contribution in [0.25, 0.3) is 0 Å². The highest BCUT2D eigenvalue weighted by Gasteiger charge is 2.38. The van der Waals surface area contributed by atoms with E-state index in [1.165, 1.54) is 12.8 Å². The molecule has 1 N–H and O–H groups in total. The fourth-order valence-electron chi connectivity index (χ4n) is 1.72. The van der Waals surface area contributed by atoms with Crippen molar-refractivity contribution >= 4 is 33.3 Å². The van der Waals surface area contributed by atoms with Crippen molar-refractivity contribution in [3.8, 4) is 0 Å². The van der Waals surface area contributed by atoms with Crippen LogP contribution < -0.4 is 5.32 Å². The highest BCUT2D eigenvalue weighted by molar-refractivity contribution is 9.10. The van der Waals surface area contributed by atoms with Gasteiger partial charge in [-0.2, -0.15) is 0 Å². The van der Waals surface area contributed by atoms with Crippen LogP contribution in [0.2, 0.25) is 5.02 Å². The molecule has 82 valence electrons. The molecule has 1 fully saturated rings. The normalized spacial score (nSPS) is 16.5. The predicted octanol–water partition coefficient (Wildman–Crippen LogP) is 4.10. The molecule has 2 nitrogen and oxygen atoms in total.